The number of rotatable bonds is 1. The van der Waals surface area contributed by atoms with Crippen LogP contribution in [0.3, 0.4) is 0 Å². The Balaban J connectivity index is 2.51. The summed E-state index contributed by atoms with van der Waals surface area (Å²) < 4.78 is 0. The van der Waals surface area contributed by atoms with E-state index in [1.54, 1.807) is 0 Å². The van der Waals surface area contributed by atoms with Crippen LogP contribution in [0.1, 0.15) is 12.8 Å². The number of carbonyl (C=O) groups is 1. The van der Waals surface area contributed by atoms with Crippen molar-refractivity contribution in [3.8, 4) is 0 Å². The summed E-state index contributed by atoms with van der Waals surface area (Å²) in [7, 11) is 1.86. The van der Waals surface area contributed by atoms with Crippen molar-refractivity contribution in [1.82, 2.24) is 4.90 Å². The van der Waals surface area contributed by atoms with E-state index in [4.69, 9.17) is 0 Å². The first-order valence-electron chi connectivity index (χ1n) is 3.07. The molecule has 0 aliphatic carbocycles. The molecule has 3 heteroatoms. The number of amides is 1. The molecule has 0 N–H and O–H groups in total. The van der Waals surface area contributed by atoms with E-state index in [0.717, 1.165) is 18.2 Å². The van der Waals surface area contributed by atoms with Gasteiger partial charge in [-0.1, -0.05) is 15.9 Å². The molecule has 1 aliphatic heterocycles. The first kappa shape index (κ1) is 7.06. The lowest BCUT2D eigenvalue weighted by Crippen LogP contribution is -2.29. The van der Waals surface area contributed by atoms with Crippen molar-refractivity contribution in [2.75, 3.05) is 12.4 Å². The van der Waals surface area contributed by atoms with E-state index in [2.05, 4.69) is 15.9 Å². The maximum Gasteiger partial charge on any atom is 0.222 e. The highest BCUT2D eigenvalue weighted by atomic mass is 79.9. The lowest BCUT2D eigenvalue weighted by molar-refractivity contribution is -0.127. The predicted octanol–water partition coefficient (Wildman–Crippen LogP) is 1.00. The summed E-state index contributed by atoms with van der Waals surface area (Å²) >= 11 is 3.35. The van der Waals surface area contributed by atoms with Crippen molar-refractivity contribution in [2.24, 2.45) is 0 Å². The highest BCUT2D eigenvalue weighted by Crippen LogP contribution is 2.17. The van der Waals surface area contributed by atoms with E-state index in [-0.39, 0.29) is 5.91 Å². The molecule has 1 amide bonds. The van der Waals surface area contributed by atoms with Crippen LogP contribution in [0.5, 0.6) is 0 Å². The third-order valence-electron chi connectivity index (χ3n) is 1.81. The number of halogens is 1. The van der Waals surface area contributed by atoms with Crippen LogP contribution in [0.15, 0.2) is 0 Å². The first-order valence-corrected chi connectivity index (χ1v) is 4.19. The number of carbonyl (C=O) groups excluding carboxylic acids is 1. The van der Waals surface area contributed by atoms with E-state index in [0.29, 0.717) is 6.04 Å². The number of hydrogen-bond donors (Lipinski definition) is 0. The molecule has 1 aliphatic rings. The highest BCUT2D eigenvalue weighted by Gasteiger charge is 2.25. The lowest BCUT2D eigenvalue weighted by Gasteiger charge is -2.16. The molecule has 52 valence electrons. The molecule has 0 saturated carbocycles. The summed E-state index contributed by atoms with van der Waals surface area (Å²) in [6.07, 6.45) is 1.74. The molecule has 1 saturated heterocycles. The quantitative estimate of drug-likeness (QED) is 0.567. The minimum Gasteiger partial charge on any atom is -0.342 e. The standard InChI is InChI=1S/C6H10BrNO/c1-8-5(4-7)2-3-6(8)9/h5H,2-4H2,1H3/t5-/m0/s1. The second-order valence-electron chi connectivity index (χ2n) is 2.35. The van der Waals surface area contributed by atoms with Crippen LogP contribution in [0.2, 0.25) is 0 Å². The summed E-state index contributed by atoms with van der Waals surface area (Å²) in [6, 6.07) is 0.442. The normalized spacial score (nSPS) is 27.6. The van der Waals surface area contributed by atoms with Crippen LogP contribution >= 0.6 is 15.9 Å². The highest BCUT2D eigenvalue weighted by molar-refractivity contribution is 9.09. The Morgan fingerprint density at radius 2 is 2.56 bits per heavy atom. The fourth-order valence-corrected chi connectivity index (χ4v) is 1.80. The van der Waals surface area contributed by atoms with E-state index >= 15 is 0 Å². The minimum absolute atomic E-state index is 0.277. The van der Waals surface area contributed by atoms with Gasteiger partial charge in [0.1, 0.15) is 0 Å². The number of alkyl halides is 1. The minimum atomic E-state index is 0.277. The average Bonchev–Trinajstić information content (AvgIpc) is 2.15. The monoisotopic (exact) mass is 191 g/mol. The molecule has 0 spiro atoms. The topological polar surface area (TPSA) is 20.3 Å². The summed E-state index contributed by atoms with van der Waals surface area (Å²) in [5.74, 6) is 0.277. The zero-order chi connectivity index (χ0) is 6.85. The molecule has 0 aromatic carbocycles. The second-order valence-corrected chi connectivity index (χ2v) is 3.00. The van der Waals surface area contributed by atoms with Crippen LogP contribution in [0.4, 0.5) is 0 Å². The van der Waals surface area contributed by atoms with Gasteiger partial charge in [-0.25, -0.2) is 0 Å². The van der Waals surface area contributed by atoms with Gasteiger partial charge in [-0.3, -0.25) is 4.79 Å². The molecule has 0 unspecified atom stereocenters. The molecular weight excluding hydrogens is 182 g/mol. The summed E-state index contributed by atoms with van der Waals surface area (Å²) in [4.78, 5) is 12.7. The van der Waals surface area contributed by atoms with Gasteiger partial charge in [-0.05, 0) is 6.42 Å². The van der Waals surface area contributed by atoms with Crippen LogP contribution in [0.25, 0.3) is 0 Å². The smallest absolute Gasteiger partial charge is 0.222 e. The Labute approximate surface area is 63.3 Å². The first-order chi connectivity index (χ1) is 4.25. The van der Waals surface area contributed by atoms with E-state index in [9.17, 15) is 4.79 Å². The Hall–Kier alpha value is -0.0500. The van der Waals surface area contributed by atoms with Crippen LogP contribution < -0.4 is 0 Å². The predicted molar refractivity (Wildman–Crippen MR) is 39.6 cm³/mol. The van der Waals surface area contributed by atoms with Gasteiger partial charge in [0, 0.05) is 24.8 Å². The van der Waals surface area contributed by atoms with Gasteiger partial charge in [0.15, 0.2) is 0 Å². The molecule has 1 heterocycles. The SMILES string of the molecule is CN1C(=O)CC[C@H]1CBr. The van der Waals surface area contributed by atoms with Crippen molar-refractivity contribution in [3.05, 3.63) is 0 Å². The van der Waals surface area contributed by atoms with Crippen LogP contribution in [-0.2, 0) is 4.79 Å². The van der Waals surface area contributed by atoms with E-state index in [1.807, 2.05) is 11.9 Å². The van der Waals surface area contributed by atoms with Crippen LogP contribution in [-0.4, -0.2) is 29.2 Å². The zero-order valence-electron chi connectivity index (χ0n) is 5.43. The Bertz CT molecular complexity index is 126. The molecule has 0 aromatic heterocycles. The Morgan fingerprint density at radius 3 is 2.78 bits per heavy atom. The molecule has 1 fully saturated rings. The van der Waals surface area contributed by atoms with Gasteiger partial charge in [0.2, 0.25) is 5.91 Å². The zero-order valence-corrected chi connectivity index (χ0v) is 7.02. The summed E-state index contributed by atoms with van der Waals surface area (Å²) in [5, 5.41) is 0.912. The molecule has 9 heavy (non-hydrogen) atoms. The van der Waals surface area contributed by atoms with Crippen molar-refractivity contribution >= 4 is 21.8 Å². The van der Waals surface area contributed by atoms with Crippen molar-refractivity contribution in [3.63, 3.8) is 0 Å². The molecule has 1 atom stereocenters. The molecule has 0 aromatic rings. The fourth-order valence-electron chi connectivity index (χ4n) is 1.04. The van der Waals surface area contributed by atoms with Gasteiger partial charge in [0.05, 0.1) is 0 Å². The molecule has 0 bridgehead atoms. The molecule has 2 nitrogen and oxygen atoms in total. The molecular formula is C6H10BrNO. The van der Waals surface area contributed by atoms with Crippen molar-refractivity contribution in [2.45, 2.75) is 18.9 Å². The van der Waals surface area contributed by atoms with Gasteiger partial charge < -0.3 is 4.90 Å². The third kappa shape index (κ3) is 1.26. The molecule has 1 rings (SSSR count). The van der Waals surface area contributed by atoms with Gasteiger partial charge in [0.25, 0.3) is 0 Å². The van der Waals surface area contributed by atoms with Crippen molar-refractivity contribution < 1.29 is 4.79 Å². The lowest BCUT2D eigenvalue weighted by atomic mass is 10.2. The third-order valence-corrected chi connectivity index (χ3v) is 2.56. The summed E-state index contributed by atoms with van der Waals surface area (Å²) in [6.45, 7) is 0. The Morgan fingerprint density at radius 1 is 1.89 bits per heavy atom. The fraction of sp³-hybridized carbons (Fsp3) is 0.833. The van der Waals surface area contributed by atoms with E-state index in [1.165, 1.54) is 0 Å². The van der Waals surface area contributed by atoms with Crippen LogP contribution in [0, 0.1) is 0 Å². The maximum absolute atomic E-state index is 10.8. The number of nitrogens with zero attached hydrogens (tertiary/aromatic N) is 1. The van der Waals surface area contributed by atoms with Crippen molar-refractivity contribution in [1.29, 1.82) is 0 Å². The van der Waals surface area contributed by atoms with Gasteiger partial charge >= 0.3 is 0 Å². The summed E-state index contributed by atoms with van der Waals surface area (Å²) in [5.41, 5.74) is 0. The van der Waals surface area contributed by atoms with E-state index < -0.39 is 0 Å². The largest absolute Gasteiger partial charge is 0.342 e. The maximum atomic E-state index is 10.8. The average molecular weight is 192 g/mol. The Kier molecular flexibility index (Phi) is 2.11. The number of likely N-dealkylation sites (tertiary alicyclic amines) is 1. The van der Waals surface area contributed by atoms with Gasteiger partial charge in [-0.15, -0.1) is 0 Å². The molecule has 0 radical (unpaired) electrons. The number of hydrogen-bond acceptors (Lipinski definition) is 1. The van der Waals surface area contributed by atoms with Gasteiger partial charge in [-0.2, -0.15) is 0 Å². The second kappa shape index (κ2) is 2.69.